The van der Waals surface area contributed by atoms with Crippen LogP contribution < -0.4 is 0 Å². The Morgan fingerprint density at radius 2 is 1.33 bits per heavy atom. The molecule has 0 saturated heterocycles. The van der Waals surface area contributed by atoms with Gasteiger partial charge in [-0.25, -0.2) is 0 Å². The van der Waals surface area contributed by atoms with Crippen LogP contribution in [0.4, 0.5) is 11.4 Å². The molecule has 0 aromatic heterocycles. The van der Waals surface area contributed by atoms with Crippen molar-refractivity contribution in [2.24, 2.45) is 10.2 Å². The van der Waals surface area contributed by atoms with E-state index < -0.39 is 0 Å². The minimum atomic E-state index is 0.0250. The quantitative estimate of drug-likeness (QED) is 0.650. The molecule has 18 heavy (non-hydrogen) atoms. The number of carbonyl (C=O) groups is 1. The van der Waals surface area contributed by atoms with E-state index in [1.54, 1.807) is 48.5 Å². The molecule has 1 N–H and O–H groups in total. The van der Waals surface area contributed by atoms with Gasteiger partial charge >= 0.3 is 0 Å². The number of aromatic hydroxyl groups is 1. The van der Waals surface area contributed by atoms with Gasteiger partial charge in [0, 0.05) is 5.56 Å². The summed E-state index contributed by atoms with van der Waals surface area (Å²) in [4.78, 5) is 11.1. The third kappa shape index (κ3) is 3.01. The van der Waals surface area contributed by atoms with Crippen LogP contribution in [-0.4, -0.2) is 10.9 Å². The second kappa shape index (κ2) is 5.23. The molecule has 0 saturated carbocycles. The molecule has 0 aliphatic rings. The van der Waals surface area contributed by atoms with Crippen LogP contribution in [0.3, 0.4) is 0 Å². The summed E-state index contributed by atoms with van der Waals surface area (Å²) in [6.45, 7) is 1.52. The Bertz CT molecular complexity index is 572. The average molecular weight is 240 g/mol. The number of ketones is 1. The molecule has 4 nitrogen and oxygen atoms in total. The average Bonchev–Trinajstić information content (AvgIpc) is 2.38. The summed E-state index contributed by atoms with van der Waals surface area (Å²) >= 11 is 0. The Kier molecular flexibility index (Phi) is 3.48. The van der Waals surface area contributed by atoms with Gasteiger partial charge in [0.25, 0.3) is 0 Å². The molecule has 0 aliphatic carbocycles. The lowest BCUT2D eigenvalue weighted by Gasteiger charge is -1.96. The number of rotatable bonds is 3. The summed E-state index contributed by atoms with van der Waals surface area (Å²) in [5.74, 6) is 0.219. The number of hydrogen-bond acceptors (Lipinski definition) is 4. The molecule has 2 aromatic carbocycles. The summed E-state index contributed by atoms with van der Waals surface area (Å²) in [5, 5.41) is 17.2. The van der Waals surface area contributed by atoms with Gasteiger partial charge in [0.2, 0.25) is 0 Å². The molecule has 0 unspecified atom stereocenters. The Hall–Kier alpha value is -2.49. The van der Waals surface area contributed by atoms with Gasteiger partial charge < -0.3 is 5.11 Å². The largest absolute Gasteiger partial charge is 0.508 e. The Morgan fingerprint density at radius 1 is 0.889 bits per heavy atom. The van der Waals surface area contributed by atoms with Crippen molar-refractivity contribution in [3.63, 3.8) is 0 Å². The molecule has 0 heterocycles. The predicted octanol–water partition coefficient (Wildman–Crippen LogP) is 4.01. The number of phenols is 1. The van der Waals surface area contributed by atoms with E-state index in [2.05, 4.69) is 10.2 Å². The third-order valence-electron chi connectivity index (χ3n) is 2.40. The zero-order valence-electron chi connectivity index (χ0n) is 9.87. The Morgan fingerprint density at radius 3 is 1.78 bits per heavy atom. The summed E-state index contributed by atoms with van der Waals surface area (Å²) in [7, 11) is 0. The minimum absolute atomic E-state index is 0.0250. The second-order valence-electron chi connectivity index (χ2n) is 3.82. The van der Waals surface area contributed by atoms with Crippen molar-refractivity contribution in [3.05, 3.63) is 54.1 Å². The summed E-state index contributed by atoms with van der Waals surface area (Å²) < 4.78 is 0. The summed E-state index contributed by atoms with van der Waals surface area (Å²) in [6, 6.07) is 13.3. The molecule has 2 rings (SSSR count). The van der Waals surface area contributed by atoms with Gasteiger partial charge in [-0.3, -0.25) is 4.79 Å². The lowest BCUT2D eigenvalue weighted by Crippen LogP contribution is -1.89. The highest BCUT2D eigenvalue weighted by Gasteiger charge is 1.98. The van der Waals surface area contributed by atoms with Gasteiger partial charge in [0.05, 0.1) is 11.4 Å². The third-order valence-corrected chi connectivity index (χ3v) is 2.40. The molecule has 0 fully saturated rings. The van der Waals surface area contributed by atoms with Crippen LogP contribution in [0, 0.1) is 0 Å². The molecular formula is C14H12N2O2. The lowest BCUT2D eigenvalue weighted by molar-refractivity contribution is 0.101. The van der Waals surface area contributed by atoms with Gasteiger partial charge in [0.1, 0.15) is 5.75 Å². The molecule has 0 spiro atoms. The highest BCUT2D eigenvalue weighted by atomic mass is 16.3. The highest BCUT2D eigenvalue weighted by molar-refractivity contribution is 5.94. The fraction of sp³-hybridized carbons (Fsp3) is 0.0714. The van der Waals surface area contributed by atoms with E-state index in [-0.39, 0.29) is 11.5 Å². The van der Waals surface area contributed by atoms with E-state index in [4.69, 9.17) is 5.11 Å². The van der Waals surface area contributed by atoms with Gasteiger partial charge in [-0.1, -0.05) is 0 Å². The highest BCUT2D eigenvalue weighted by Crippen LogP contribution is 2.20. The molecule has 90 valence electrons. The van der Waals surface area contributed by atoms with Gasteiger partial charge in [0.15, 0.2) is 5.78 Å². The fourth-order valence-electron chi connectivity index (χ4n) is 1.40. The van der Waals surface area contributed by atoms with Crippen LogP contribution in [-0.2, 0) is 0 Å². The maximum atomic E-state index is 11.1. The predicted molar refractivity (Wildman–Crippen MR) is 68.7 cm³/mol. The molecule has 0 atom stereocenters. The molecule has 0 aliphatic heterocycles. The first-order chi connectivity index (χ1) is 8.65. The molecule has 0 bridgehead atoms. The van der Waals surface area contributed by atoms with Crippen LogP contribution in [0.1, 0.15) is 17.3 Å². The first-order valence-electron chi connectivity index (χ1n) is 5.47. The monoisotopic (exact) mass is 240 g/mol. The van der Waals surface area contributed by atoms with E-state index in [0.29, 0.717) is 16.9 Å². The van der Waals surface area contributed by atoms with Crippen molar-refractivity contribution in [1.29, 1.82) is 0 Å². The van der Waals surface area contributed by atoms with Crippen LogP contribution in [0.5, 0.6) is 5.75 Å². The first kappa shape index (κ1) is 12.0. The minimum Gasteiger partial charge on any atom is -0.508 e. The van der Waals surface area contributed by atoms with Crippen molar-refractivity contribution in [1.82, 2.24) is 0 Å². The standard InChI is InChI=1S/C14H12N2O2/c1-10(17)11-2-4-12(5-3-11)15-16-13-6-8-14(18)9-7-13/h2-9,18H,1H3. The number of carbonyl (C=O) groups excluding carboxylic acids is 1. The number of azo groups is 1. The molecular weight excluding hydrogens is 228 g/mol. The van der Waals surface area contributed by atoms with Crippen molar-refractivity contribution in [3.8, 4) is 5.75 Å². The number of phenolic OH excluding ortho intramolecular Hbond substituents is 1. The van der Waals surface area contributed by atoms with E-state index in [1.165, 1.54) is 6.92 Å². The zero-order chi connectivity index (χ0) is 13.0. The molecule has 0 radical (unpaired) electrons. The maximum Gasteiger partial charge on any atom is 0.159 e. The topological polar surface area (TPSA) is 62.0 Å². The molecule has 4 heteroatoms. The van der Waals surface area contributed by atoms with Crippen molar-refractivity contribution < 1.29 is 9.90 Å². The van der Waals surface area contributed by atoms with Crippen molar-refractivity contribution >= 4 is 17.2 Å². The first-order valence-corrected chi connectivity index (χ1v) is 5.47. The normalized spacial score (nSPS) is 10.7. The van der Waals surface area contributed by atoms with Gasteiger partial charge in [-0.05, 0) is 55.5 Å². The molecule has 0 amide bonds. The number of hydrogen-bond donors (Lipinski definition) is 1. The van der Waals surface area contributed by atoms with Crippen molar-refractivity contribution in [2.45, 2.75) is 6.92 Å². The number of benzene rings is 2. The van der Waals surface area contributed by atoms with Gasteiger partial charge in [-0.15, -0.1) is 0 Å². The smallest absolute Gasteiger partial charge is 0.159 e. The Balaban J connectivity index is 2.13. The van der Waals surface area contributed by atoms with Gasteiger partial charge in [-0.2, -0.15) is 10.2 Å². The maximum absolute atomic E-state index is 11.1. The second-order valence-corrected chi connectivity index (χ2v) is 3.82. The van der Waals surface area contributed by atoms with E-state index in [1.807, 2.05) is 0 Å². The zero-order valence-corrected chi connectivity index (χ0v) is 9.87. The Labute approximate surface area is 105 Å². The van der Waals surface area contributed by atoms with Crippen LogP contribution >= 0.6 is 0 Å². The van der Waals surface area contributed by atoms with E-state index >= 15 is 0 Å². The van der Waals surface area contributed by atoms with Crippen LogP contribution in [0.2, 0.25) is 0 Å². The summed E-state index contributed by atoms with van der Waals surface area (Å²) in [5.41, 5.74) is 1.98. The van der Waals surface area contributed by atoms with Crippen LogP contribution in [0.25, 0.3) is 0 Å². The number of nitrogens with zero attached hydrogens (tertiary/aromatic N) is 2. The number of Topliss-reactive ketones (excluding diaryl/α,β-unsaturated/α-hetero) is 1. The van der Waals surface area contributed by atoms with E-state index in [9.17, 15) is 4.79 Å². The SMILES string of the molecule is CC(=O)c1ccc(N=Nc2ccc(O)cc2)cc1. The van der Waals surface area contributed by atoms with Crippen LogP contribution in [0.15, 0.2) is 58.8 Å². The van der Waals surface area contributed by atoms with Crippen molar-refractivity contribution in [2.75, 3.05) is 0 Å². The van der Waals surface area contributed by atoms with E-state index in [0.717, 1.165) is 0 Å². The molecule has 2 aromatic rings. The summed E-state index contributed by atoms with van der Waals surface area (Å²) in [6.07, 6.45) is 0. The fourth-order valence-corrected chi connectivity index (χ4v) is 1.40. The lowest BCUT2D eigenvalue weighted by atomic mass is 10.1.